The molecule has 1 heterocycles. The number of piperazine rings is 1. The summed E-state index contributed by atoms with van der Waals surface area (Å²) in [5, 5.41) is 0.855. The fourth-order valence-corrected chi connectivity index (χ4v) is 2.01. The van der Waals surface area contributed by atoms with Gasteiger partial charge >= 0.3 is 0 Å². The van der Waals surface area contributed by atoms with Crippen LogP contribution in [-0.2, 0) is 0 Å². The zero-order chi connectivity index (χ0) is 10.8. The Morgan fingerprint density at radius 2 is 1.80 bits per heavy atom. The lowest BCUT2D eigenvalue weighted by molar-refractivity contribution is 0.313. The number of aryl methyl sites for hydroxylation is 1. The first-order chi connectivity index (χ1) is 7.16. The van der Waals surface area contributed by atoms with Crippen molar-refractivity contribution in [3.63, 3.8) is 0 Å². The number of rotatable bonds is 1. The lowest BCUT2D eigenvalue weighted by Crippen LogP contribution is -2.44. The molecule has 1 aromatic carbocycles. The first kappa shape index (κ1) is 10.8. The molecule has 15 heavy (non-hydrogen) atoms. The van der Waals surface area contributed by atoms with Gasteiger partial charge < -0.3 is 9.80 Å². The summed E-state index contributed by atoms with van der Waals surface area (Å²) in [6.07, 6.45) is 0. The average molecular weight is 225 g/mol. The van der Waals surface area contributed by atoms with Crippen LogP contribution in [0.25, 0.3) is 0 Å². The second kappa shape index (κ2) is 4.42. The van der Waals surface area contributed by atoms with Gasteiger partial charge in [-0.15, -0.1) is 0 Å². The van der Waals surface area contributed by atoms with Crippen molar-refractivity contribution in [3.05, 3.63) is 28.8 Å². The number of hydrogen-bond donors (Lipinski definition) is 0. The minimum Gasteiger partial charge on any atom is -0.369 e. The molecule has 0 unspecified atom stereocenters. The number of halogens is 1. The summed E-state index contributed by atoms with van der Waals surface area (Å²) >= 11 is 6.02. The molecular weight excluding hydrogens is 208 g/mol. The van der Waals surface area contributed by atoms with Crippen molar-refractivity contribution in [2.24, 2.45) is 0 Å². The fraction of sp³-hybridized carbons (Fsp3) is 0.500. The smallest absolute Gasteiger partial charge is 0.0436 e. The van der Waals surface area contributed by atoms with Crippen LogP contribution in [0, 0.1) is 6.92 Å². The molecule has 0 atom stereocenters. The molecule has 0 spiro atoms. The summed E-state index contributed by atoms with van der Waals surface area (Å²) in [4.78, 5) is 4.78. The van der Waals surface area contributed by atoms with Crippen molar-refractivity contribution in [3.8, 4) is 0 Å². The van der Waals surface area contributed by atoms with Crippen LogP contribution in [0.15, 0.2) is 18.2 Å². The number of hydrogen-bond acceptors (Lipinski definition) is 2. The van der Waals surface area contributed by atoms with Crippen LogP contribution in [0.5, 0.6) is 0 Å². The van der Waals surface area contributed by atoms with Gasteiger partial charge in [0.1, 0.15) is 0 Å². The molecule has 3 heteroatoms. The number of anilines is 1. The van der Waals surface area contributed by atoms with Gasteiger partial charge in [0.2, 0.25) is 0 Å². The summed E-state index contributed by atoms with van der Waals surface area (Å²) < 4.78 is 0. The number of nitrogens with zero attached hydrogens (tertiary/aromatic N) is 2. The molecule has 2 rings (SSSR count). The highest BCUT2D eigenvalue weighted by molar-refractivity contribution is 6.31. The molecule has 0 bridgehead atoms. The summed E-state index contributed by atoms with van der Waals surface area (Å²) in [6, 6.07) is 6.28. The summed E-state index contributed by atoms with van der Waals surface area (Å²) in [5.74, 6) is 0. The van der Waals surface area contributed by atoms with Crippen LogP contribution in [0.4, 0.5) is 5.69 Å². The van der Waals surface area contributed by atoms with E-state index in [1.54, 1.807) is 0 Å². The van der Waals surface area contributed by atoms with Crippen molar-refractivity contribution < 1.29 is 0 Å². The molecule has 1 aromatic rings. The Labute approximate surface area is 96.4 Å². The molecule has 0 aliphatic carbocycles. The van der Waals surface area contributed by atoms with E-state index in [-0.39, 0.29) is 0 Å². The van der Waals surface area contributed by atoms with Crippen LogP contribution in [0.1, 0.15) is 5.56 Å². The first-order valence-corrected chi connectivity index (χ1v) is 5.74. The topological polar surface area (TPSA) is 6.48 Å². The van der Waals surface area contributed by atoms with Gasteiger partial charge in [-0.2, -0.15) is 0 Å². The van der Waals surface area contributed by atoms with Crippen LogP contribution in [0.2, 0.25) is 5.02 Å². The van der Waals surface area contributed by atoms with Gasteiger partial charge in [-0.3, -0.25) is 0 Å². The van der Waals surface area contributed by atoms with Gasteiger partial charge in [0, 0.05) is 36.9 Å². The minimum absolute atomic E-state index is 0.855. The van der Waals surface area contributed by atoms with Gasteiger partial charge in [-0.1, -0.05) is 11.6 Å². The van der Waals surface area contributed by atoms with Crippen molar-refractivity contribution in [2.75, 3.05) is 38.1 Å². The van der Waals surface area contributed by atoms with Crippen LogP contribution in [-0.4, -0.2) is 38.1 Å². The third-order valence-corrected chi connectivity index (χ3v) is 3.43. The molecule has 0 aromatic heterocycles. The van der Waals surface area contributed by atoms with Gasteiger partial charge in [0.25, 0.3) is 0 Å². The van der Waals surface area contributed by atoms with Crippen LogP contribution >= 0.6 is 11.6 Å². The van der Waals surface area contributed by atoms with E-state index in [0.717, 1.165) is 36.8 Å². The van der Waals surface area contributed by atoms with Crippen LogP contribution in [0.3, 0.4) is 0 Å². The van der Waals surface area contributed by atoms with Gasteiger partial charge in [-0.05, 0) is 37.7 Å². The van der Waals surface area contributed by atoms with Crippen molar-refractivity contribution in [1.29, 1.82) is 0 Å². The Hall–Kier alpha value is -0.730. The maximum atomic E-state index is 6.02. The molecule has 1 aliphatic rings. The van der Waals surface area contributed by atoms with E-state index in [9.17, 15) is 0 Å². The van der Waals surface area contributed by atoms with E-state index in [0.29, 0.717) is 0 Å². The van der Waals surface area contributed by atoms with Crippen molar-refractivity contribution >= 4 is 17.3 Å². The Morgan fingerprint density at radius 1 is 1.13 bits per heavy atom. The number of benzene rings is 1. The second-order valence-electron chi connectivity index (χ2n) is 4.22. The van der Waals surface area contributed by atoms with E-state index in [1.165, 1.54) is 5.69 Å². The van der Waals surface area contributed by atoms with E-state index < -0.39 is 0 Å². The Balaban J connectivity index is 2.12. The average Bonchev–Trinajstić information content (AvgIpc) is 2.23. The van der Waals surface area contributed by atoms with E-state index in [4.69, 9.17) is 11.6 Å². The predicted octanol–water partition coefficient (Wildman–Crippen LogP) is 2.40. The van der Waals surface area contributed by atoms with Crippen molar-refractivity contribution in [2.45, 2.75) is 6.92 Å². The number of likely N-dealkylation sites (N-methyl/N-ethyl adjacent to an activating group) is 1. The van der Waals surface area contributed by atoms with Gasteiger partial charge in [-0.25, -0.2) is 0 Å². The highest BCUT2D eigenvalue weighted by Crippen LogP contribution is 2.23. The largest absolute Gasteiger partial charge is 0.369 e. The lowest BCUT2D eigenvalue weighted by Gasteiger charge is -2.34. The normalized spacial score (nSPS) is 18.2. The Kier molecular flexibility index (Phi) is 3.17. The molecule has 0 amide bonds. The third-order valence-electron chi connectivity index (χ3n) is 3.01. The monoisotopic (exact) mass is 224 g/mol. The van der Waals surface area contributed by atoms with E-state index in [1.807, 2.05) is 6.07 Å². The molecule has 0 N–H and O–H groups in total. The maximum Gasteiger partial charge on any atom is 0.0436 e. The molecule has 0 radical (unpaired) electrons. The first-order valence-electron chi connectivity index (χ1n) is 5.36. The maximum absolute atomic E-state index is 6.02. The summed E-state index contributed by atoms with van der Waals surface area (Å²) in [6.45, 7) is 6.56. The summed E-state index contributed by atoms with van der Waals surface area (Å²) in [7, 11) is 2.17. The molecule has 1 saturated heterocycles. The van der Waals surface area contributed by atoms with Gasteiger partial charge in [0.05, 0.1) is 0 Å². The van der Waals surface area contributed by atoms with Gasteiger partial charge in [0.15, 0.2) is 0 Å². The SMILES string of the molecule is Cc1cc(N2CCN(C)CC2)ccc1Cl. The fourth-order valence-electron chi connectivity index (χ4n) is 1.89. The molecule has 2 nitrogen and oxygen atoms in total. The molecule has 82 valence electrons. The third kappa shape index (κ3) is 2.44. The highest BCUT2D eigenvalue weighted by atomic mass is 35.5. The molecule has 0 saturated carbocycles. The zero-order valence-electron chi connectivity index (χ0n) is 9.33. The highest BCUT2D eigenvalue weighted by Gasteiger charge is 2.14. The Morgan fingerprint density at radius 3 is 2.40 bits per heavy atom. The van der Waals surface area contributed by atoms with Crippen molar-refractivity contribution in [1.82, 2.24) is 4.90 Å². The predicted molar refractivity (Wildman–Crippen MR) is 65.9 cm³/mol. The molecular formula is C12H17ClN2. The van der Waals surface area contributed by atoms with Crippen LogP contribution < -0.4 is 4.90 Å². The zero-order valence-corrected chi connectivity index (χ0v) is 10.1. The Bertz CT molecular complexity index is 343. The quantitative estimate of drug-likeness (QED) is 0.723. The van der Waals surface area contributed by atoms with E-state index in [2.05, 4.69) is 35.9 Å². The van der Waals surface area contributed by atoms with E-state index >= 15 is 0 Å². The standard InChI is InChI=1S/C12H17ClN2/c1-10-9-11(3-4-12(10)13)15-7-5-14(2)6-8-15/h3-4,9H,5-8H2,1-2H3. The lowest BCUT2D eigenvalue weighted by atomic mass is 10.2. The summed E-state index contributed by atoms with van der Waals surface area (Å²) in [5.41, 5.74) is 2.46. The second-order valence-corrected chi connectivity index (χ2v) is 4.63. The molecule has 1 fully saturated rings. The molecule has 1 aliphatic heterocycles. The minimum atomic E-state index is 0.855.